The average Bonchev–Trinajstić information content (AvgIpc) is 3.87. The van der Waals surface area contributed by atoms with E-state index in [-0.39, 0.29) is 0 Å². The lowest BCUT2D eigenvalue weighted by Gasteiger charge is -2.28. The predicted molar refractivity (Wildman–Crippen MR) is 235 cm³/mol. The number of fused-ring (bicyclic) bond motifs is 5. The van der Waals surface area contributed by atoms with Crippen molar-refractivity contribution < 1.29 is 8.83 Å². The van der Waals surface area contributed by atoms with Crippen molar-refractivity contribution in [3.05, 3.63) is 206 Å². The molecule has 4 nitrogen and oxygen atoms in total. The Kier molecular flexibility index (Phi) is 7.78. The largest absolute Gasteiger partial charge is 0.456 e. The van der Waals surface area contributed by atoms with Crippen molar-refractivity contribution >= 4 is 60.9 Å². The summed E-state index contributed by atoms with van der Waals surface area (Å²) in [5.74, 6) is 0.602. The maximum atomic E-state index is 6.33. The van der Waals surface area contributed by atoms with E-state index in [1.54, 1.807) is 0 Å². The Balaban J connectivity index is 0.975. The maximum Gasteiger partial charge on any atom is 0.227 e. The highest BCUT2D eigenvalue weighted by molar-refractivity contribution is 6.10. The number of anilines is 3. The van der Waals surface area contributed by atoms with Crippen LogP contribution in [0.4, 0.5) is 17.1 Å². The molecule has 0 radical (unpaired) electrons. The van der Waals surface area contributed by atoms with Gasteiger partial charge in [0, 0.05) is 39.3 Å². The Bertz CT molecular complexity index is 3220. The summed E-state index contributed by atoms with van der Waals surface area (Å²) < 4.78 is 12.6. The molecule has 0 saturated carbocycles. The van der Waals surface area contributed by atoms with Gasteiger partial charge in [-0.05, 0) is 105 Å². The number of rotatable bonds is 7. The average molecular weight is 731 g/mol. The van der Waals surface area contributed by atoms with E-state index in [1.165, 1.54) is 27.5 Å². The third kappa shape index (κ3) is 5.92. The van der Waals surface area contributed by atoms with Crippen molar-refractivity contribution in [1.82, 2.24) is 4.98 Å². The maximum absolute atomic E-state index is 6.33. The zero-order chi connectivity index (χ0) is 37.7. The van der Waals surface area contributed by atoms with E-state index in [0.717, 1.165) is 72.4 Å². The van der Waals surface area contributed by atoms with E-state index >= 15 is 0 Å². The first-order chi connectivity index (χ1) is 28.2. The molecule has 0 amide bonds. The number of hydrogen-bond acceptors (Lipinski definition) is 4. The normalized spacial score (nSPS) is 11.5. The lowest BCUT2D eigenvalue weighted by atomic mass is 9.99. The highest BCUT2D eigenvalue weighted by Crippen LogP contribution is 2.42. The van der Waals surface area contributed by atoms with Crippen molar-refractivity contribution in [2.45, 2.75) is 0 Å². The van der Waals surface area contributed by atoms with Crippen molar-refractivity contribution in [3.8, 4) is 44.8 Å². The molecule has 0 unspecified atom stereocenters. The first-order valence-electron chi connectivity index (χ1n) is 19.2. The molecule has 2 aromatic heterocycles. The fourth-order valence-corrected chi connectivity index (χ4v) is 8.01. The molecule has 0 atom stereocenters. The molecule has 57 heavy (non-hydrogen) atoms. The van der Waals surface area contributed by atoms with E-state index in [9.17, 15) is 0 Å². The molecular formula is C53H34N2O2. The van der Waals surface area contributed by atoms with Gasteiger partial charge >= 0.3 is 0 Å². The SMILES string of the molecule is c1ccc(-c2nc3cc4oc5ccc(-c6ccc(N(c7ccc(-c8ccc9ccccc9c8)cc7)c7ccccc7-c7ccccc7)cc6)cc5c4cc3o2)cc1. The predicted octanol–water partition coefficient (Wildman–Crippen LogP) is 15.0. The van der Waals surface area contributed by atoms with Gasteiger partial charge in [-0.15, -0.1) is 0 Å². The fourth-order valence-electron chi connectivity index (χ4n) is 8.01. The van der Waals surface area contributed by atoms with Crippen LogP contribution in [0.1, 0.15) is 0 Å². The molecule has 0 aliphatic carbocycles. The van der Waals surface area contributed by atoms with Gasteiger partial charge in [-0.2, -0.15) is 0 Å². The topological polar surface area (TPSA) is 42.4 Å². The highest BCUT2D eigenvalue weighted by atomic mass is 16.4. The van der Waals surface area contributed by atoms with Crippen molar-refractivity contribution in [2.24, 2.45) is 0 Å². The molecule has 0 fully saturated rings. The van der Waals surface area contributed by atoms with Gasteiger partial charge in [0.1, 0.15) is 16.7 Å². The summed E-state index contributed by atoms with van der Waals surface area (Å²) in [7, 11) is 0. The summed E-state index contributed by atoms with van der Waals surface area (Å²) in [6.07, 6.45) is 0. The van der Waals surface area contributed by atoms with Crippen LogP contribution in [0.5, 0.6) is 0 Å². The van der Waals surface area contributed by atoms with Crippen LogP contribution in [0, 0.1) is 0 Å². The van der Waals surface area contributed by atoms with Crippen molar-refractivity contribution in [2.75, 3.05) is 4.90 Å². The summed E-state index contributed by atoms with van der Waals surface area (Å²) in [4.78, 5) is 7.11. The lowest BCUT2D eigenvalue weighted by molar-refractivity contribution is 0.620. The molecule has 0 aliphatic heterocycles. The molecule has 0 aliphatic rings. The van der Waals surface area contributed by atoms with Crippen LogP contribution >= 0.6 is 0 Å². The first-order valence-corrected chi connectivity index (χ1v) is 19.2. The van der Waals surface area contributed by atoms with E-state index in [1.807, 2.05) is 36.4 Å². The van der Waals surface area contributed by atoms with Crippen LogP contribution < -0.4 is 4.90 Å². The first kappa shape index (κ1) is 32.7. The Morgan fingerprint density at radius 3 is 1.67 bits per heavy atom. The van der Waals surface area contributed by atoms with Gasteiger partial charge in [0.15, 0.2) is 5.58 Å². The number of hydrogen-bond donors (Lipinski definition) is 0. The molecule has 4 heteroatoms. The summed E-state index contributed by atoms with van der Waals surface area (Å²) in [6.45, 7) is 0. The Morgan fingerprint density at radius 2 is 0.930 bits per heavy atom. The fraction of sp³-hybridized carbons (Fsp3) is 0. The minimum Gasteiger partial charge on any atom is -0.456 e. The van der Waals surface area contributed by atoms with Gasteiger partial charge in [0.25, 0.3) is 0 Å². The summed E-state index contributed by atoms with van der Waals surface area (Å²) in [5.41, 5.74) is 14.3. The zero-order valence-corrected chi connectivity index (χ0v) is 30.8. The Hall–Kier alpha value is -7.69. The molecule has 0 spiro atoms. The molecule has 0 bridgehead atoms. The van der Waals surface area contributed by atoms with E-state index in [2.05, 4.69) is 175 Å². The number of oxazole rings is 1. The van der Waals surface area contributed by atoms with Crippen LogP contribution in [-0.4, -0.2) is 4.98 Å². The molecule has 268 valence electrons. The van der Waals surface area contributed by atoms with Crippen LogP contribution in [0.2, 0.25) is 0 Å². The smallest absolute Gasteiger partial charge is 0.227 e. The molecular weight excluding hydrogens is 697 g/mol. The molecule has 11 rings (SSSR count). The van der Waals surface area contributed by atoms with Gasteiger partial charge in [-0.1, -0.05) is 133 Å². The van der Waals surface area contributed by atoms with E-state index < -0.39 is 0 Å². The second-order valence-electron chi connectivity index (χ2n) is 14.4. The van der Waals surface area contributed by atoms with E-state index in [0.29, 0.717) is 5.89 Å². The van der Waals surface area contributed by atoms with Crippen LogP contribution in [-0.2, 0) is 0 Å². The molecule has 2 heterocycles. The Morgan fingerprint density at radius 1 is 0.351 bits per heavy atom. The number of furan rings is 1. The second kappa shape index (κ2) is 13.6. The minimum atomic E-state index is 0.602. The summed E-state index contributed by atoms with van der Waals surface area (Å²) in [5, 5.41) is 4.52. The van der Waals surface area contributed by atoms with Crippen LogP contribution in [0.15, 0.2) is 215 Å². The standard InChI is InChI=1S/C53H34N2O2/c1-3-12-38(13-4-1)45-17-9-10-18-49(45)55(43-26-21-36(22-27-43)41-20-19-35-11-7-8-16-40(35)31-41)44-28-23-37(24-29-44)42-25-30-50-46(32-42)47-33-52-48(34-51(47)56-50)54-53(57-52)39-14-5-2-6-15-39/h1-34H. The van der Waals surface area contributed by atoms with Crippen LogP contribution in [0.3, 0.4) is 0 Å². The third-order valence-corrected chi connectivity index (χ3v) is 10.9. The molecule has 11 aromatic rings. The quantitative estimate of drug-likeness (QED) is 0.164. The second-order valence-corrected chi connectivity index (χ2v) is 14.4. The van der Waals surface area contributed by atoms with Gasteiger partial charge in [0.05, 0.1) is 5.69 Å². The third-order valence-electron chi connectivity index (χ3n) is 10.9. The van der Waals surface area contributed by atoms with E-state index in [4.69, 9.17) is 13.8 Å². The minimum absolute atomic E-state index is 0.602. The number of para-hydroxylation sites is 1. The summed E-state index contributed by atoms with van der Waals surface area (Å²) in [6, 6.07) is 72.6. The van der Waals surface area contributed by atoms with Crippen molar-refractivity contribution in [3.63, 3.8) is 0 Å². The number of aromatic nitrogens is 1. The number of nitrogens with zero attached hydrogens (tertiary/aromatic N) is 2. The lowest BCUT2D eigenvalue weighted by Crippen LogP contribution is -2.11. The number of benzene rings is 9. The molecule has 9 aromatic carbocycles. The van der Waals surface area contributed by atoms with Crippen molar-refractivity contribution in [1.29, 1.82) is 0 Å². The van der Waals surface area contributed by atoms with Gasteiger partial charge in [-0.3, -0.25) is 0 Å². The van der Waals surface area contributed by atoms with Crippen LogP contribution in [0.25, 0.3) is 88.6 Å². The van der Waals surface area contributed by atoms with Gasteiger partial charge < -0.3 is 13.7 Å². The molecule has 0 N–H and O–H groups in total. The van der Waals surface area contributed by atoms with Gasteiger partial charge in [-0.25, -0.2) is 4.98 Å². The molecule has 0 saturated heterocycles. The van der Waals surface area contributed by atoms with Gasteiger partial charge in [0.2, 0.25) is 5.89 Å². The zero-order valence-electron chi connectivity index (χ0n) is 30.8. The Labute approximate surface area is 329 Å². The summed E-state index contributed by atoms with van der Waals surface area (Å²) >= 11 is 0. The monoisotopic (exact) mass is 730 g/mol. The highest BCUT2D eigenvalue weighted by Gasteiger charge is 2.19.